The lowest BCUT2D eigenvalue weighted by atomic mass is 10.1. The SMILES string of the molecule is Cc1ccc(CNc2c(Cl)cc(F)cc2Cl)cc1C. The lowest BCUT2D eigenvalue weighted by Gasteiger charge is -2.11. The first-order valence-corrected chi connectivity index (χ1v) is 6.67. The van der Waals surface area contributed by atoms with Crippen molar-refractivity contribution in [1.29, 1.82) is 0 Å². The number of anilines is 1. The fourth-order valence-corrected chi connectivity index (χ4v) is 2.41. The summed E-state index contributed by atoms with van der Waals surface area (Å²) >= 11 is 11.9. The normalized spacial score (nSPS) is 10.6. The molecule has 19 heavy (non-hydrogen) atoms. The van der Waals surface area contributed by atoms with Crippen LogP contribution in [0.4, 0.5) is 10.1 Å². The van der Waals surface area contributed by atoms with E-state index in [0.717, 1.165) is 5.56 Å². The van der Waals surface area contributed by atoms with Gasteiger partial charge in [0.05, 0.1) is 15.7 Å². The van der Waals surface area contributed by atoms with E-state index in [0.29, 0.717) is 12.2 Å². The van der Waals surface area contributed by atoms with Crippen LogP contribution in [-0.4, -0.2) is 0 Å². The first-order valence-electron chi connectivity index (χ1n) is 5.92. The Bertz CT molecular complexity index is 588. The predicted octanol–water partition coefficient (Wildman–Crippen LogP) is 5.36. The average Bonchev–Trinajstić information content (AvgIpc) is 2.32. The zero-order valence-corrected chi connectivity index (χ0v) is 12.2. The molecule has 0 aliphatic heterocycles. The van der Waals surface area contributed by atoms with Gasteiger partial charge in [0.25, 0.3) is 0 Å². The van der Waals surface area contributed by atoms with Crippen LogP contribution in [-0.2, 0) is 6.54 Å². The third kappa shape index (κ3) is 3.40. The summed E-state index contributed by atoms with van der Waals surface area (Å²) < 4.78 is 13.1. The molecule has 0 saturated heterocycles. The van der Waals surface area contributed by atoms with Gasteiger partial charge in [-0.3, -0.25) is 0 Å². The maximum atomic E-state index is 13.1. The third-order valence-electron chi connectivity index (χ3n) is 3.05. The van der Waals surface area contributed by atoms with Gasteiger partial charge in [-0.05, 0) is 42.7 Å². The summed E-state index contributed by atoms with van der Waals surface area (Å²) in [6.45, 7) is 4.73. The van der Waals surface area contributed by atoms with Gasteiger partial charge >= 0.3 is 0 Å². The van der Waals surface area contributed by atoms with Crippen LogP contribution in [0.1, 0.15) is 16.7 Å². The van der Waals surface area contributed by atoms with Crippen LogP contribution < -0.4 is 5.32 Å². The minimum atomic E-state index is -0.438. The lowest BCUT2D eigenvalue weighted by molar-refractivity contribution is 0.628. The summed E-state index contributed by atoms with van der Waals surface area (Å²) in [4.78, 5) is 0. The van der Waals surface area contributed by atoms with E-state index in [1.807, 2.05) is 6.07 Å². The smallest absolute Gasteiger partial charge is 0.126 e. The summed E-state index contributed by atoms with van der Waals surface area (Å²) in [7, 11) is 0. The molecular weight excluding hydrogens is 284 g/mol. The van der Waals surface area contributed by atoms with Crippen LogP contribution in [0.25, 0.3) is 0 Å². The number of nitrogens with one attached hydrogen (secondary N) is 1. The lowest BCUT2D eigenvalue weighted by Crippen LogP contribution is -2.01. The minimum absolute atomic E-state index is 0.286. The van der Waals surface area contributed by atoms with Gasteiger partial charge in [-0.25, -0.2) is 4.39 Å². The van der Waals surface area contributed by atoms with Gasteiger partial charge in [0, 0.05) is 6.54 Å². The van der Waals surface area contributed by atoms with Crippen molar-refractivity contribution >= 4 is 28.9 Å². The Morgan fingerprint density at radius 1 is 1.00 bits per heavy atom. The van der Waals surface area contributed by atoms with Crippen molar-refractivity contribution in [2.75, 3.05) is 5.32 Å². The molecule has 0 aromatic heterocycles. The molecule has 1 N–H and O–H groups in total. The molecule has 0 atom stereocenters. The Hall–Kier alpha value is -1.25. The molecule has 2 rings (SSSR count). The number of aryl methyl sites for hydroxylation is 2. The van der Waals surface area contributed by atoms with Crippen molar-refractivity contribution in [3.05, 3.63) is 62.9 Å². The fourth-order valence-electron chi connectivity index (χ4n) is 1.82. The second kappa shape index (κ2) is 5.81. The van der Waals surface area contributed by atoms with Gasteiger partial charge in [0.1, 0.15) is 5.82 Å². The van der Waals surface area contributed by atoms with Crippen molar-refractivity contribution in [1.82, 2.24) is 0 Å². The molecule has 0 heterocycles. The second-order valence-corrected chi connectivity index (χ2v) is 5.33. The van der Waals surface area contributed by atoms with E-state index in [1.165, 1.54) is 23.3 Å². The van der Waals surface area contributed by atoms with Gasteiger partial charge in [-0.2, -0.15) is 0 Å². The van der Waals surface area contributed by atoms with E-state index in [9.17, 15) is 4.39 Å². The van der Waals surface area contributed by atoms with E-state index >= 15 is 0 Å². The number of rotatable bonds is 3. The Morgan fingerprint density at radius 3 is 2.21 bits per heavy atom. The Kier molecular flexibility index (Phi) is 4.33. The monoisotopic (exact) mass is 297 g/mol. The van der Waals surface area contributed by atoms with Crippen LogP contribution in [0.15, 0.2) is 30.3 Å². The highest BCUT2D eigenvalue weighted by Crippen LogP contribution is 2.31. The standard InChI is InChI=1S/C15H14Cl2FN/c1-9-3-4-11(5-10(9)2)8-19-15-13(16)6-12(18)7-14(15)17/h3-7,19H,8H2,1-2H3. The molecule has 0 spiro atoms. The van der Waals surface area contributed by atoms with E-state index in [4.69, 9.17) is 23.2 Å². The fraction of sp³-hybridized carbons (Fsp3) is 0.200. The topological polar surface area (TPSA) is 12.0 Å². The van der Waals surface area contributed by atoms with Gasteiger partial charge in [0.2, 0.25) is 0 Å². The largest absolute Gasteiger partial charge is 0.379 e. The predicted molar refractivity (Wildman–Crippen MR) is 79.7 cm³/mol. The van der Waals surface area contributed by atoms with Crippen LogP contribution in [0.3, 0.4) is 0 Å². The molecule has 0 aliphatic carbocycles. The molecular formula is C15H14Cl2FN. The molecule has 0 bridgehead atoms. The molecule has 0 radical (unpaired) electrons. The van der Waals surface area contributed by atoms with Crippen LogP contribution >= 0.6 is 23.2 Å². The summed E-state index contributed by atoms with van der Waals surface area (Å²) in [6, 6.07) is 8.71. The van der Waals surface area contributed by atoms with E-state index in [2.05, 4.69) is 31.3 Å². The highest BCUT2D eigenvalue weighted by Gasteiger charge is 2.08. The molecule has 0 fully saturated rings. The van der Waals surface area contributed by atoms with Crippen LogP contribution in [0, 0.1) is 19.7 Å². The highest BCUT2D eigenvalue weighted by atomic mass is 35.5. The van der Waals surface area contributed by atoms with Crippen molar-refractivity contribution in [3.8, 4) is 0 Å². The minimum Gasteiger partial charge on any atom is -0.379 e. The molecule has 100 valence electrons. The van der Waals surface area contributed by atoms with Crippen LogP contribution in [0.2, 0.25) is 10.0 Å². The summed E-state index contributed by atoms with van der Waals surface area (Å²) in [5, 5.41) is 3.71. The maximum Gasteiger partial charge on any atom is 0.126 e. The van der Waals surface area contributed by atoms with Crippen molar-refractivity contribution in [2.24, 2.45) is 0 Å². The van der Waals surface area contributed by atoms with Gasteiger partial charge in [-0.15, -0.1) is 0 Å². The van der Waals surface area contributed by atoms with Gasteiger partial charge in [-0.1, -0.05) is 41.4 Å². The van der Waals surface area contributed by atoms with E-state index in [-0.39, 0.29) is 10.0 Å². The van der Waals surface area contributed by atoms with Crippen LogP contribution in [0.5, 0.6) is 0 Å². The molecule has 0 amide bonds. The molecule has 4 heteroatoms. The number of halogens is 3. The van der Waals surface area contributed by atoms with Gasteiger partial charge in [0.15, 0.2) is 0 Å². The first-order chi connectivity index (χ1) is 8.97. The van der Waals surface area contributed by atoms with Gasteiger partial charge < -0.3 is 5.32 Å². The van der Waals surface area contributed by atoms with Crippen molar-refractivity contribution in [2.45, 2.75) is 20.4 Å². The number of hydrogen-bond donors (Lipinski definition) is 1. The van der Waals surface area contributed by atoms with E-state index in [1.54, 1.807) is 0 Å². The number of hydrogen-bond acceptors (Lipinski definition) is 1. The summed E-state index contributed by atoms with van der Waals surface area (Å²) in [5.41, 5.74) is 4.17. The molecule has 0 saturated carbocycles. The summed E-state index contributed by atoms with van der Waals surface area (Å²) in [5.74, 6) is -0.438. The quantitative estimate of drug-likeness (QED) is 0.804. The third-order valence-corrected chi connectivity index (χ3v) is 3.64. The molecule has 2 aromatic carbocycles. The Labute approximate surface area is 122 Å². The molecule has 2 aromatic rings. The van der Waals surface area contributed by atoms with E-state index < -0.39 is 5.82 Å². The Balaban J connectivity index is 2.16. The highest BCUT2D eigenvalue weighted by molar-refractivity contribution is 6.39. The van der Waals surface area contributed by atoms with Crippen molar-refractivity contribution in [3.63, 3.8) is 0 Å². The average molecular weight is 298 g/mol. The zero-order valence-electron chi connectivity index (χ0n) is 10.7. The zero-order chi connectivity index (χ0) is 14.0. The molecule has 0 unspecified atom stereocenters. The summed E-state index contributed by atoms with van der Waals surface area (Å²) in [6.07, 6.45) is 0. The Morgan fingerprint density at radius 2 is 1.63 bits per heavy atom. The molecule has 0 aliphatic rings. The number of benzene rings is 2. The first kappa shape index (κ1) is 14.2. The maximum absolute atomic E-state index is 13.1. The van der Waals surface area contributed by atoms with Crippen molar-refractivity contribution < 1.29 is 4.39 Å². The molecule has 1 nitrogen and oxygen atoms in total. The second-order valence-electron chi connectivity index (χ2n) is 4.52.